The molecule has 8 nitrogen and oxygen atoms in total. The second kappa shape index (κ2) is 8.67. The van der Waals surface area contributed by atoms with Gasteiger partial charge in [0.2, 0.25) is 11.8 Å². The van der Waals surface area contributed by atoms with E-state index in [9.17, 15) is 14.4 Å². The van der Waals surface area contributed by atoms with Gasteiger partial charge < -0.3 is 10.2 Å². The van der Waals surface area contributed by atoms with Gasteiger partial charge in [0.1, 0.15) is 12.4 Å². The highest BCUT2D eigenvalue weighted by molar-refractivity contribution is 5.92. The van der Waals surface area contributed by atoms with Gasteiger partial charge in [0.15, 0.2) is 0 Å². The van der Waals surface area contributed by atoms with Crippen molar-refractivity contribution < 1.29 is 9.59 Å². The minimum absolute atomic E-state index is 0.141. The third kappa shape index (κ3) is 4.47. The topological polar surface area (TPSA) is 97.2 Å². The van der Waals surface area contributed by atoms with Crippen molar-refractivity contribution in [2.45, 2.75) is 33.2 Å². The molecule has 4 rings (SSSR count). The Bertz CT molecular complexity index is 1190. The zero-order chi connectivity index (χ0) is 22.0. The van der Waals surface area contributed by atoms with Crippen LogP contribution >= 0.6 is 0 Å². The molecule has 0 bridgehead atoms. The molecule has 1 fully saturated rings. The number of hydrogen-bond acceptors (Lipinski definition) is 5. The number of carbonyl (C=O) groups is 2. The first-order chi connectivity index (χ1) is 14.9. The van der Waals surface area contributed by atoms with E-state index in [1.165, 1.54) is 4.68 Å². The summed E-state index contributed by atoms with van der Waals surface area (Å²) in [6, 6.07) is 10.9. The Balaban J connectivity index is 1.45. The maximum Gasteiger partial charge on any atom is 0.275 e. The van der Waals surface area contributed by atoms with Crippen molar-refractivity contribution in [2.24, 2.45) is 5.92 Å². The molecule has 1 atom stereocenters. The van der Waals surface area contributed by atoms with Crippen LogP contribution in [0.1, 0.15) is 24.1 Å². The smallest absolute Gasteiger partial charge is 0.275 e. The van der Waals surface area contributed by atoms with Gasteiger partial charge in [-0.3, -0.25) is 14.4 Å². The summed E-state index contributed by atoms with van der Waals surface area (Å²) < 4.78 is 1.22. The molecule has 1 N–H and O–H groups in total. The van der Waals surface area contributed by atoms with Crippen molar-refractivity contribution in [3.63, 3.8) is 0 Å². The predicted molar refractivity (Wildman–Crippen MR) is 118 cm³/mol. The first-order valence-electron chi connectivity index (χ1n) is 10.4. The molecule has 0 saturated carbocycles. The monoisotopic (exact) mass is 419 g/mol. The van der Waals surface area contributed by atoms with Crippen LogP contribution in [-0.2, 0) is 16.1 Å². The number of pyridine rings is 1. The molecule has 1 aliphatic heterocycles. The standard InChI is InChI=1S/C23H25N5O3/c1-15-9-10-20(24-12-15)25-22(30)17-6-5-11-27(13-17)21(29)14-28-23(31)19-8-4-3-7-18(19)16(2)26-28/h3-4,7-10,12,17H,5-6,11,13-14H2,1-2H3,(H,24,25,30). The van der Waals surface area contributed by atoms with Crippen molar-refractivity contribution in [3.05, 3.63) is 64.2 Å². The summed E-state index contributed by atoms with van der Waals surface area (Å²) in [5, 5.41) is 8.48. The van der Waals surface area contributed by atoms with Crippen LogP contribution < -0.4 is 10.9 Å². The predicted octanol–water partition coefficient (Wildman–Crippen LogP) is 2.29. The van der Waals surface area contributed by atoms with Crippen LogP contribution in [0.4, 0.5) is 5.82 Å². The number of aryl methyl sites for hydroxylation is 2. The lowest BCUT2D eigenvalue weighted by atomic mass is 9.97. The second-order valence-electron chi connectivity index (χ2n) is 7.98. The molecule has 3 heterocycles. The summed E-state index contributed by atoms with van der Waals surface area (Å²) in [6.45, 7) is 4.49. The van der Waals surface area contributed by atoms with Crippen LogP contribution in [0.5, 0.6) is 0 Å². The Hall–Kier alpha value is -3.55. The zero-order valence-electron chi connectivity index (χ0n) is 17.7. The van der Waals surface area contributed by atoms with E-state index in [0.717, 1.165) is 17.4 Å². The van der Waals surface area contributed by atoms with Gasteiger partial charge in [-0.05, 0) is 44.4 Å². The number of nitrogens with zero attached hydrogens (tertiary/aromatic N) is 4. The maximum atomic E-state index is 12.9. The minimum atomic E-state index is -0.316. The van der Waals surface area contributed by atoms with Crippen LogP contribution in [0, 0.1) is 19.8 Å². The quantitative estimate of drug-likeness (QED) is 0.700. The van der Waals surface area contributed by atoms with E-state index >= 15 is 0 Å². The van der Waals surface area contributed by atoms with Crippen LogP contribution in [0.15, 0.2) is 47.4 Å². The van der Waals surface area contributed by atoms with E-state index in [4.69, 9.17) is 0 Å². The first kappa shape index (κ1) is 20.7. The number of benzene rings is 1. The van der Waals surface area contributed by atoms with Gasteiger partial charge in [-0.15, -0.1) is 0 Å². The fourth-order valence-corrected chi connectivity index (χ4v) is 3.93. The van der Waals surface area contributed by atoms with Gasteiger partial charge in [-0.1, -0.05) is 24.3 Å². The van der Waals surface area contributed by atoms with Gasteiger partial charge in [0.05, 0.1) is 17.0 Å². The molecule has 2 aromatic heterocycles. The Morgan fingerprint density at radius 1 is 1.13 bits per heavy atom. The first-order valence-corrected chi connectivity index (χ1v) is 10.4. The lowest BCUT2D eigenvalue weighted by Gasteiger charge is -2.32. The van der Waals surface area contributed by atoms with Crippen LogP contribution in [0.3, 0.4) is 0 Å². The lowest BCUT2D eigenvalue weighted by Crippen LogP contribution is -2.46. The summed E-state index contributed by atoms with van der Waals surface area (Å²) >= 11 is 0. The molecule has 31 heavy (non-hydrogen) atoms. The average Bonchev–Trinajstić information content (AvgIpc) is 2.79. The molecular formula is C23H25N5O3. The SMILES string of the molecule is Cc1ccc(NC(=O)C2CCCN(C(=O)Cn3nc(C)c4ccccc4c3=O)C2)nc1. The molecule has 1 unspecified atom stereocenters. The van der Waals surface area contributed by atoms with E-state index in [0.29, 0.717) is 36.4 Å². The second-order valence-corrected chi connectivity index (χ2v) is 7.98. The summed E-state index contributed by atoms with van der Waals surface area (Å²) in [7, 11) is 0. The average molecular weight is 419 g/mol. The van der Waals surface area contributed by atoms with E-state index < -0.39 is 0 Å². The Labute approximate surface area is 179 Å². The number of hydrogen-bond donors (Lipinski definition) is 1. The molecule has 2 amide bonds. The molecular weight excluding hydrogens is 394 g/mol. The molecule has 0 aliphatic carbocycles. The third-order valence-electron chi connectivity index (χ3n) is 5.64. The molecule has 1 aliphatic rings. The number of rotatable bonds is 4. The Morgan fingerprint density at radius 3 is 2.65 bits per heavy atom. The third-order valence-corrected chi connectivity index (χ3v) is 5.64. The van der Waals surface area contributed by atoms with Crippen molar-refractivity contribution in [1.82, 2.24) is 19.7 Å². The van der Waals surface area contributed by atoms with Crippen LogP contribution in [0.25, 0.3) is 10.8 Å². The Kier molecular flexibility index (Phi) is 5.79. The number of anilines is 1. The van der Waals surface area contributed by atoms with Gasteiger partial charge in [-0.2, -0.15) is 5.10 Å². The zero-order valence-corrected chi connectivity index (χ0v) is 17.7. The molecule has 8 heteroatoms. The fourth-order valence-electron chi connectivity index (χ4n) is 3.93. The highest BCUT2D eigenvalue weighted by Crippen LogP contribution is 2.19. The molecule has 0 radical (unpaired) electrons. The lowest BCUT2D eigenvalue weighted by molar-refractivity contribution is -0.135. The van der Waals surface area contributed by atoms with E-state index in [2.05, 4.69) is 15.4 Å². The van der Waals surface area contributed by atoms with Crippen molar-refractivity contribution in [2.75, 3.05) is 18.4 Å². The van der Waals surface area contributed by atoms with Crippen LogP contribution in [0.2, 0.25) is 0 Å². The van der Waals surface area contributed by atoms with Gasteiger partial charge in [0, 0.05) is 24.7 Å². The number of nitrogens with one attached hydrogen (secondary N) is 1. The number of fused-ring (bicyclic) bond motifs is 1. The summed E-state index contributed by atoms with van der Waals surface area (Å²) in [4.78, 5) is 44.2. The van der Waals surface area contributed by atoms with E-state index in [-0.39, 0.29) is 29.8 Å². The number of likely N-dealkylation sites (tertiary alicyclic amines) is 1. The molecule has 160 valence electrons. The van der Waals surface area contributed by atoms with Gasteiger partial charge in [-0.25, -0.2) is 9.67 Å². The summed E-state index contributed by atoms with van der Waals surface area (Å²) in [5.74, 6) is -0.175. The summed E-state index contributed by atoms with van der Waals surface area (Å²) in [5.41, 5.74) is 1.43. The molecule has 0 spiro atoms. The van der Waals surface area contributed by atoms with E-state index in [1.54, 1.807) is 29.3 Å². The largest absolute Gasteiger partial charge is 0.340 e. The number of aromatic nitrogens is 3. The minimum Gasteiger partial charge on any atom is -0.340 e. The number of piperidine rings is 1. The van der Waals surface area contributed by atoms with E-state index in [1.807, 2.05) is 32.0 Å². The van der Waals surface area contributed by atoms with Crippen molar-refractivity contribution in [3.8, 4) is 0 Å². The normalized spacial score (nSPS) is 16.3. The molecule has 3 aromatic rings. The van der Waals surface area contributed by atoms with Crippen molar-refractivity contribution >= 4 is 28.4 Å². The van der Waals surface area contributed by atoms with Crippen molar-refractivity contribution in [1.29, 1.82) is 0 Å². The number of amides is 2. The molecule has 1 saturated heterocycles. The molecule has 1 aromatic carbocycles. The van der Waals surface area contributed by atoms with Crippen LogP contribution in [-0.4, -0.2) is 44.6 Å². The summed E-state index contributed by atoms with van der Waals surface area (Å²) in [6.07, 6.45) is 3.13. The highest BCUT2D eigenvalue weighted by Gasteiger charge is 2.29. The maximum absolute atomic E-state index is 12.9. The Morgan fingerprint density at radius 2 is 1.90 bits per heavy atom. The highest BCUT2D eigenvalue weighted by atomic mass is 16.2. The van der Waals surface area contributed by atoms with Gasteiger partial charge >= 0.3 is 0 Å². The van der Waals surface area contributed by atoms with Gasteiger partial charge in [0.25, 0.3) is 5.56 Å². The fraction of sp³-hybridized carbons (Fsp3) is 0.348. The number of carbonyl (C=O) groups excluding carboxylic acids is 2.